The maximum Gasteiger partial charge on any atom is 0.459 e. The number of benzene rings is 1. The number of Topliss-reactive ketones (excluding diaryl/α,β-unsaturated/α-hetero) is 1. The predicted octanol–water partition coefficient (Wildman–Crippen LogP) is 0.800. The van der Waals surface area contributed by atoms with Crippen molar-refractivity contribution in [1.29, 1.82) is 5.53 Å². The molecule has 230 valence electrons. The van der Waals surface area contributed by atoms with Crippen LogP contribution in [0.15, 0.2) is 43.0 Å². The number of esters is 1. The van der Waals surface area contributed by atoms with E-state index >= 15 is 0 Å². The highest BCUT2D eigenvalue weighted by molar-refractivity contribution is 7.52. The number of nitrogens with two attached hydrogens (primary N) is 1. The van der Waals surface area contributed by atoms with Crippen LogP contribution in [0.3, 0.4) is 0 Å². The summed E-state index contributed by atoms with van der Waals surface area (Å²) in [6.45, 7) is 2.67. The van der Waals surface area contributed by atoms with Gasteiger partial charge in [-0.2, -0.15) is 5.09 Å². The quantitative estimate of drug-likeness (QED) is 0.0551. The molecular formula is C25H32N8O9P+. The molecule has 1 aliphatic heterocycles. The number of nitrogens with zero attached hydrogens (tertiary/aromatic N) is 5. The van der Waals surface area contributed by atoms with Gasteiger partial charge in [0.15, 0.2) is 17.7 Å². The van der Waals surface area contributed by atoms with Crippen molar-refractivity contribution in [1.82, 2.24) is 24.6 Å². The topological polar surface area (TPSA) is 248 Å². The number of aromatic nitrogens is 4. The van der Waals surface area contributed by atoms with Crippen LogP contribution in [0.1, 0.15) is 32.9 Å². The second-order valence-corrected chi connectivity index (χ2v) is 11.5. The lowest BCUT2D eigenvalue weighted by Crippen LogP contribution is -2.40. The molecule has 6 N–H and O–H groups in total. The second kappa shape index (κ2) is 13.9. The smallest absolute Gasteiger partial charge is 0.459 e. The number of ether oxygens (including phenoxy) is 2. The Balaban J connectivity index is 1.55. The molecule has 1 unspecified atom stereocenters. The lowest BCUT2D eigenvalue weighted by Gasteiger charge is -2.26. The number of para-hydroxylation sites is 1. The van der Waals surface area contributed by atoms with Gasteiger partial charge in [0.25, 0.3) is 0 Å². The number of carbonyl (C=O) groups is 2. The monoisotopic (exact) mass is 619 g/mol. The summed E-state index contributed by atoms with van der Waals surface area (Å²) < 4.78 is 37.9. The summed E-state index contributed by atoms with van der Waals surface area (Å²) in [6.07, 6.45) is -2.99. The van der Waals surface area contributed by atoms with E-state index in [1.807, 2.05) is 0 Å². The number of nitrogens with one attached hydrogen (secondary N) is 2. The van der Waals surface area contributed by atoms with Crippen molar-refractivity contribution in [2.24, 2.45) is 0 Å². The van der Waals surface area contributed by atoms with Crippen molar-refractivity contribution in [3.05, 3.63) is 43.0 Å². The van der Waals surface area contributed by atoms with Crippen molar-refractivity contribution in [2.45, 2.75) is 63.4 Å². The number of imidazole rings is 1. The third kappa shape index (κ3) is 7.86. The fraction of sp³-hybridized carbons (Fsp3) is 0.440. The lowest BCUT2D eigenvalue weighted by atomic mass is 10.1. The Labute approximate surface area is 245 Å². The molecular weight excluding hydrogens is 587 g/mol. The third-order valence-corrected chi connectivity index (χ3v) is 7.78. The minimum atomic E-state index is -4.46. The van der Waals surface area contributed by atoms with Crippen LogP contribution in [0.2, 0.25) is 0 Å². The first-order valence-electron chi connectivity index (χ1n) is 13.2. The van der Waals surface area contributed by atoms with Gasteiger partial charge < -0.3 is 29.9 Å². The van der Waals surface area contributed by atoms with Crippen LogP contribution in [0.5, 0.6) is 5.75 Å². The molecule has 1 aliphatic rings. The van der Waals surface area contributed by atoms with Crippen molar-refractivity contribution >= 4 is 42.7 Å². The van der Waals surface area contributed by atoms with Gasteiger partial charge in [0, 0.05) is 6.42 Å². The summed E-state index contributed by atoms with van der Waals surface area (Å²) >= 11 is 0. The normalized spacial score (nSPS) is 22.1. The minimum Gasteiger partial charge on any atom is -0.462 e. The average Bonchev–Trinajstić information content (AvgIpc) is 3.51. The van der Waals surface area contributed by atoms with E-state index in [1.54, 1.807) is 32.0 Å². The Morgan fingerprint density at radius 1 is 1.23 bits per heavy atom. The molecule has 1 saturated heterocycles. The van der Waals surface area contributed by atoms with Crippen LogP contribution >= 0.6 is 7.75 Å². The van der Waals surface area contributed by atoms with E-state index in [2.05, 4.69) is 24.8 Å². The molecule has 1 fully saturated rings. The van der Waals surface area contributed by atoms with Gasteiger partial charge in [0.05, 0.1) is 29.4 Å². The first-order chi connectivity index (χ1) is 20.5. The van der Waals surface area contributed by atoms with E-state index < -0.39 is 62.8 Å². The molecule has 2 aromatic heterocycles. The molecule has 0 aliphatic carbocycles. The molecule has 18 heteroatoms. The number of anilines is 1. The van der Waals surface area contributed by atoms with Crippen molar-refractivity contribution < 1.29 is 47.7 Å². The molecule has 0 spiro atoms. The van der Waals surface area contributed by atoms with Crippen LogP contribution in [-0.2, 0) is 28.2 Å². The zero-order valence-electron chi connectivity index (χ0n) is 23.2. The largest absolute Gasteiger partial charge is 0.462 e. The number of aliphatic hydroxyl groups is 2. The zero-order chi connectivity index (χ0) is 31.1. The number of hydrogen-bond donors (Lipinski definition) is 5. The summed E-state index contributed by atoms with van der Waals surface area (Å²) in [5.74, 6) is -1.13. The standard InChI is InChI=1S/C25H31N8O9P/c1-14(2)40-25(37)17(9-8-15(34)10-31-27)32-43(38,42-16-6-4-3-5-7-16)39-11-18-20(35)21(36)24(41-18)33-13-30-19-22(26)28-12-29-23(19)33/h3-7,10,12-14,17-18,20-21,24,26,35-36H,8-9,11H2,1-2H3,(H2-,27,32,34,38)/p+1/t17-,18+,20+,21-,24+,43?/m0/s1. The summed E-state index contributed by atoms with van der Waals surface area (Å²) in [6, 6.07) is 6.63. The number of hydrogen-bond acceptors (Lipinski definition) is 14. The van der Waals surface area contributed by atoms with Gasteiger partial charge >= 0.3 is 19.9 Å². The van der Waals surface area contributed by atoms with Crippen molar-refractivity contribution in [3.8, 4) is 5.75 Å². The van der Waals surface area contributed by atoms with Crippen LogP contribution in [0, 0.1) is 5.53 Å². The Morgan fingerprint density at radius 2 is 1.98 bits per heavy atom. The number of rotatable bonds is 14. The third-order valence-electron chi connectivity index (χ3n) is 6.21. The Hall–Kier alpha value is -4.08. The Kier molecular flexibility index (Phi) is 10.3. The molecule has 3 heterocycles. The van der Waals surface area contributed by atoms with E-state index in [0.29, 0.717) is 0 Å². The molecule has 4 rings (SSSR count). The summed E-state index contributed by atoms with van der Waals surface area (Å²) in [7, 11) is -4.46. The molecule has 3 aromatic rings. The molecule has 6 atom stereocenters. The Morgan fingerprint density at radius 3 is 2.67 bits per heavy atom. The molecule has 43 heavy (non-hydrogen) atoms. The van der Waals surface area contributed by atoms with E-state index in [0.717, 1.165) is 6.21 Å². The number of aliphatic hydroxyl groups excluding tert-OH is 2. The fourth-order valence-corrected chi connectivity index (χ4v) is 5.74. The second-order valence-electron chi connectivity index (χ2n) is 9.76. The van der Waals surface area contributed by atoms with Crippen LogP contribution in [0.4, 0.5) is 5.82 Å². The molecule has 0 bridgehead atoms. The van der Waals surface area contributed by atoms with Crippen LogP contribution < -0.4 is 15.3 Å². The summed E-state index contributed by atoms with van der Waals surface area (Å²) in [4.78, 5) is 39.9. The van der Waals surface area contributed by atoms with Gasteiger partial charge in [-0.3, -0.25) is 18.7 Å². The molecule has 1 aromatic carbocycles. The highest BCUT2D eigenvalue weighted by atomic mass is 31.2. The molecule has 17 nitrogen and oxygen atoms in total. The van der Waals surface area contributed by atoms with Gasteiger partial charge in [-0.1, -0.05) is 18.2 Å². The number of nitrogen functional groups attached to an aromatic ring is 1. The van der Waals surface area contributed by atoms with E-state index in [4.69, 9.17) is 29.8 Å². The highest BCUT2D eigenvalue weighted by Crippen LogP contribution is 2.46. The number of ketones is 1. The minimum absolute atomic E-state index is 0.112. The van der Waals surface area contributed by atoms with E-state index in [-0.39, 0.29) is 35.6 Å². The van der Waals surface area contributed by atoms with Gasteiger partial charge in [0.1, 0.15) is 41.9 Å². The van der Waals surface area contributed by atoms with Gasteiger partial charge in [-0.05, 0) is 32.4 Å². The van der Waals surface area contributed by atoms with E-state index in [9.17, 15) is 24.4 Å². The first-order valence-corrected chi connectivity index (χ1v) is 14.7. The lowest BCUT2D eigenvalue weighted by molar-refractivity contribution is -0.149. The summed E-state index contributed by atoms with van der Waals surface area (Å²) in [5.41, 5.74) is 13.2. The fourth-order valence-electron chi connectivity index (χ4n) is 4.20. The van der Waals surface area contributed by atoms with Gasteiger partial charge in [-0.15, -0.1) is 0 Å². The average molecular weight is 620 g/mol. The van der Waals surface area contributed by atoms with E-state index in [1.165, 1.54) is 29.4 Å². The number of fused-ring (bicyclic) bond motifs is 1. The predicted molar refractivity (Wildman–Crippen MR) is 148 cm³/mol. The van der Waals surface area contributed by atoms with Crippen LogP contribution in [-0.4, -0.2) is 89.6 Å². The van der Waals surface area contributed by atoms with Gasteiger partial charge in [0.2, 0.25) is 5.78 Å². The zero-order valence-corrected chi connectivity index (χ0v) is 24.1. The van der Waals surface area contributed by atoms with Crippen LogP contribution in [0.25, 0.3) is 11.2 Å². The van der Waals surface area contributed by atoms with Crippen molar-refractivity contribution in [3.63, 3.8) is 0 Å². The summed E-state index contributed by atoms with van der Waals surface area (Å²) in [5, 5.41) is 24.1. The SMILES string of the molecule is CC(C)OC(=O)[C@H](CCC(=O)C=[N+]=N)NP(=O)(OC[C@H]1O[C@@H](n2cnc3c(N)ncnc32)[C@@H](O)[C@@H]1O)Oc1ccccc1. The highest BCUT2D eigenvalue weighted by Gasteiger charge is 2.46. The maximum absolute atomic E-state index is 14.1. The maximum atomic E-state index is 14.1. The molecule has 0 radical (unpaired) electrons. The molecule has 0 saturated carbocycles. The Bertz CT molecular complexity index is 1530. The first kappa shape index (κ1) is 31.8. The number of carbonyl (C=O) groups excluding carboxylic acids is 2. The van der Waals surface area contributed by atoms with Crippen molar-refractivity contribution in [2.75, 3.05) is 12.3 Å². The molecule has 0 amide bonds. The van der Waals surface area contributed by atoms with Gasteiger partial charge in [-0.25, -0.2) is 19.5 Å².